The summed E-state index contributed by atoms with van der Waals surface area (Å²) in [5.74, 6) is -1.08. The van der Waals surface area contributed by atoms with Crippen molar-refractivity contribution in [1.82, 2.24) is 14.9 Å². The van der Waals surface area contributed by atoms with Crippen molar-refractivity contribution in [2.45, 2.75) is 43.2 Å². The molecule has 1 aromatic carbocycles. The number of nitrogens with one attached hydrogen (secondary N) is 3. The summed E-state index contributed by atoms with van der Waals surface area (Å²) in [7, 11) is -3.97. The predicted molar refractivity (Wildman–Crippen MR) is 97.2 cm³/mol. The van der Waals surface area contributed by atoms with Crippen LogP contribution in [0.4, 0.5) is 5.69 Å². The van der Waals surface area contributed by atoms with Gasteiger partial charge in [-0.05, 0) is 37.1 Å². The summed E-state index contributed by atoms with van der Waals surface area (Å²) in [5.41, 5.74) is 0.471. The molecule has 1 atom stereocenters. The molecule has 1 heterocycles. The third-order valence-electron chi connectivity index (χ3n) is 4.38. The molecule has 3 amide bonds. The molecule has 0 radical (unpaired) electrons. The van der Waals surface area contributed by atoms with E-state index in [4.69, 9.17) is 0 Å². The van der Waals surface area contributed by atoms with Crippen LogP contribution < -0.4 is 16.0 Å². The topological polar surface area (TPSA) is 125 Å². The minimum absolute atomic E-state index is 0.00102. The molecule has 2 aliphatic rings. The zero-order valence-corrected chi connectivity index (χ0v) is 15.7. The van der Waals surface area contributed by atoms with Gasteiger partial charge < -0.3 is 16.0 Å². The number of hydrogen-bond donors (Lipinski definition) is 3. The highest BCUT2D eigenvalue weighted by molar-refractivity contribution is 7.89. The fraction of sp³-hybridized carbons (Fsp3) is 0.471. The van der Waals surface area contributed by atoms with E-state index in [1.165, 1.54) is 31.2 Å². The Hall–Kier alpha value is -2.46. The number of nitrogens with zero attached hydrogens (tertiary/aromatic N) is 1. The number of amides is 3. The minimum atomic E-state index is -3.97. The van der Waals surface area contributed by atoms with Crippen LogP contribution >= 0.6 is 0 Å². The first kappa shape index (κ1) is 19.3. The maximum atomic E-state index is 13.0. The summed E-state index contributed by atoms with van der Waals surface area (Å²) < 4.78 is 27.1. The van der Waals surface area contributed by atoms with Gasteiger partial charge in [-0.3, -0.25) is 14.4 Å². The van der Waals surface area contributed by atoms with Crippen LogP contribution in [-0.2, 0) is 24.4 Å². The second kappa shape index (κ2) is 7.65. The fourth-order valence-electron chi connectivity index (χ4n) is 2.91. The highest BCUT2D eigenvalue weighted by Crippen LogP contribution is 2.24. The Bertz CT molecular complexity index is 849. The van der Waals surface area contributed by atoms with Gasteiger partial charge in [-0.25, -0.2) is 8.42 Å². The highest BCUT2D eigenvalue weighted by Gasteiger charge is 2.40. The van der Waals surface area contributed by atoms with Crippen molar-refractivity contribution in [3.63, 3.8) is 0 Å². The zero-order chi connectivity index (χ0) is 19.6. The first-order valence-corrected chi connectivity index (χ1v) is 10.2. The number of hydrogen-bond acceptors (Lipinski definition) is 5. The smallest absolute Gasteiger partial charge is 0.243 e. The van der Waals surface area contributed by atoms with Crippen LogP contribution in [-0.4, -0.2) is 55.6 Å². The SMILES string of the molecule is CC(=O)Nc1ccc(S(=O)(=O)N2CCNC(=O)[C@H]2CC(=O)NC2CC2)cc1. The molecule has 1 aromatic rings. The van der Waals surface area contributed by atoms with Gasteiger partial charge in [-0.1, -0.05) is 0 Å². The van der Waals surface area contributed by atoms with Gasteiger partial charge in [0, 0.05) is 31.7 Å². The molecular formula is C17H22N4O5S. The van der Waals surface area contributed by atoms with Gasteiger partial charge in [0.2, 0.25) is 27.7 Å². The van der Waals surface area contributed by atoms with Crippen LogP contribution in [0, 0.1) is 0 Å². The zero-order valence-electron chi connectivity index (χ0n) is 14.9. The maximum Gasteiger partial charge on any atom is 0.243 e. The molecule has 0 bridgehead atoms. The van der Waals surface area contributed by atoms with Gasteiger partial charge in [0.25, 0.3) is 0 Å². The molecule has 1 saturated heterocycles. The van der Waals surface area contributed by atoms with E-state index < -0.39 is 22.0 Å². The lowest BCUT2D eigenvalue weighted by Crippen LogP contribution is -2.58. The normalized spacial score (nSPS) is 20.6. The number of rotatable bonds is 6. The summed E-state index contributed by atoms with van der Waals surface area (Å²) in [6, 6.07) is 4.75. The summed E-state index contributed by atoms with van der Waals surface area (Å²) in [6.45, 7) is 1.62. The van der Waals surface area contributed by atoms with Crippen LogP contribution in [0.15, 0.2) is 29.2 Å². The second-order valence-corrected chi connectivity index (χ2v) is 8.56. The molecule has 146 valence electrons. The van der Waals surface area contributed by atoms with Gasteiger partial charge in [-0.15, -0.1) is 0 Å². The van der Waals surface area contributed by atoms with Crippen LogP contribution in [0.25, 0.3) is 0 Å². The van der Waals surface area contributed by atoms with Crippen molar-refractivity contribution in [2.75, 3.05) is 18.4 Å². The average Bonchev–Trinajstić information content (AvgIpc) is 3.40. The van der Waals surface area contributed by atoms with E-state index in [-0.39, 0.29) is 42.3 Å². The third-order valence-corrected chi connectivity index (χ3v) is 6.31. The Kier molecular flexibility index (Phi) is 5.47. The molecule has 1 aliphatic carbocycles. The molecule has 1 saturated carbocycles. The van der Waals surface area contributed by atoms with Gasteiger partial charge in [0.15, 0.2) is 0 Å². The van der Waals surface area contributed by atoms with Gasteiger partial charge in [-0.2, -0.15) is 4.31 Å². The van der Waals surface area contributed by atoms with E-state index in [1.807, 2.05) is 0 Å². The van der Waals surface area contributed by atoms with Gasteiger partial charge in [0.1, 0.15) is 6.04 Å². The first-order valence-electron chi connectivity index (χ1n) is 8.74. The van der Waals surface area contributed by atoms with Crippen LogP contribution in [0.5, 0.6) is 0 Å². The Morgan fingerprint density at radius 3 is 2.48 bits per heavy atom. The Morgan fingerprint density at radius 2 is 1.89 bits per heavy atom. The summed E-state index contributed by atoms with van der Waals surface area (Å²) in [4.78, 5) is 35.4. The number of piperazine rings is 1. The number of sulfonamides is 1. The lowest BCUT2D eigenvalue weighted by atomic mass is 10.1. The Morgan fingerprint density at radius 1 is 1.22 bits per heavy atom. The molecule has 27 heavy (non-hydrogen) atoms. The van der Waals surface area contributed by atoms with E-state index in [0.29, 0.717) is 5.69 Å². The predicted octanol–water partition coefficient (Wildman–Crippen LogP) is -0.197. The Labute approximate surface area is 157 Å². The van der Waals surface area contributed by atoms with E-state index in [9.17, 15) is 22.8 Å². The van der Waals surface area contributed by atoms with Crippen molar-refractivity contribution in [1.29, 1.82) is 0 Å². The molecule has 2 fully saturated rings. The van der Waals surface area contributed by atoms with E-state index in [1.54, 1.807) is 0 Å². The van der Waals surface area contributed by atoms with Crippen LogP contribution in [0.1, 0.15) is 26.2 Å². The lowest BCUT2D eigenvalue weighted by molar-refractivity contribution is -0.131. The lowest BCUT2D eigenvalue weighted by Gasteiger charge is -2.33. The number of carbonyl (C=O) groups is 3. The molecule has 9 nitrogen and oxygen atoms in total. The number of anilines is 1. The molecule has 3 rings (SSSR count). The van der Waals surface area contributed by atoms with Crippen molar-refractivity contribution < 1.29 is 22.8 Å². The van der Waals surface area contributed by atoms with Crippen LogP contribution in [0.3, 0.4) is 0 Å². The third kappa shape index (κ3) is 4.64. The first-order chi connectivity index (χ1) is 12.8. The average molecular weight is 394 g/mol. The van der Waals surface area contributed by atoms with Gasteiger partial charge >= 0.3 is 0 Å². The molecule has 10 heteroatoms. The monoisotopic (exact) mass is 394 g/mol. The molecule has 1 aliphatic heterocycles. The fourth-order valence-corrected chi connectivity index (χ4v) is 4.50. The largest absolute Gasteiger partial charge is 0.353 e. The second-order valence-electron chi connectivity index (χ2n) is 6.67. The van der Waals surface area contributed by atoms with Gasteiger partial charge in [0.05, 0.1) is 11.3 Å². The van der Waals surface area contributed by atoms with Crippen LogP contribution in [0.2, 0.25) is 0 Å². The van der Waals surface area contributed by atoms with Crippen molar-refractivity contribution in [3.05, 3.63) is 24.3 Å². The summed E-state index contributed by atoms with van der Waals surface area (Å²) in [5, 5.41) is 7.96. The summed E-state index contributed by atoms with van der Waals surface area (Å²) >= 11 is 0. The van der Waals surface area contributed by atoms with Crippen molar-refractivity contribution >= 4 is 33.4 Å². The molecule has 0 aromatic heterocycles. The quantitative estimate of drug-likeness (QED) is 0.616. The molecular weight excluding hydrogens is 372 g/mol. The van der Waals surface area contributed by atoms with E-state index >= 15 is 0 Å². The molecule has 0 unspecified atom stereocenters. The minimum Gasteiger partial charge on any atom is -0.353 e. The number of carbonyl (C=O) groups excluding carboxylic acids is 3. The van der Waals surface area contributed by atoms with E-state index in [0.717, 1.165) is 17.1 Å². The van der Waals surface area contributed by atoms with Crippen molar-refractivity contribution in [2.24, 2.45) is 0 Å². The van der Waals surface area contributed by atoms with Crippen molar-refractivity contribution in [3.8, 4) is 0 Å². The summed E-state index contributed by atoms with van der Waals surface area (Å²) in [6.07, 6.45) is 1.60. The number of benzene rings is 1. The standard InChI is InChI=1S/C17H22N4O5S/c1-11(22)19-12-4-6-14(7-5-12)27(25,26)21-9-8-18-17(24)15(21)10-16(23)20-13-2-3-13/h4-7,13,15H,2-3,8-10H2,1H3,(H,18,24)(H,19,22)(H,20,23)/t15-/m1/s1. The highest BCUT2D eigenvalue weighted by atomic mass is 32.2. The molecule has 0 spiro atoms. The Balaban J connectivity index is 1.79. The molecule has 3 N–H and O–H groups in total. The maximum absolute atomic E-state index is 13.0. The van der Waals surface area contributed by atoms with E-state index in [2.05, 4.69) is 16.0 Å².